The standard InChI is InChI=1S/C16H17N3/c1-11-4-3-5-13(8-11)9-14-16(17)19-10-12(2)6-7-15(19)18-14/h3-8,10H,9,17H2,1-2H3. The fourth-order valence-electron chi connectivity index (χ4n) is 2.36. The molecule has 2 N–H and O–H groups in total. The van der Waals surface area contributed by atoms with Crippen molar-refractivity contribution < 1.29 is 0 Å². The summed E-state index contributed by atoms with van der Waals surface area (Å²) in [6.07, 6.45) is 2.80. The molecule has 0 saturated carbocycles. The Balaban J connectivity index is 2.04. The van der Waals surface area contributed by atoms with Gasteiger partial charge in [0, 0.05) is 12.6 Å². The Morgan fingerprint density at radius 3 is 2.74 bits per heavy atom. The third-order valence-electron chi connectivity index (χ3n) is 3.33. The van der Waals surface area contributed by atoms with Crippen LogP contribution in [0.4, 0.5) is 5.82 Å². The lowest BCUT2D eigenvalue weighted by molar-refractivity contribution is 1.11. The molecule has 0 amide bonds. The maximum absolute atomic E-state index is 6.19. The quantitative estimate of drug-likeness (QED) is 0.760. The number of fused-ring (bicyclic) bond motifs is 1. The van der Waals surface area contributed by atoms with Gasteiger partial charge in [0.05, 0.1) is 5.69 Å². The highest BCUT2D eigenvalue weighted by molar-refractivity contribution is 5.54. The number of aromatic nitrogens is 2. The van der Waals surface area contributed by atoms with Gasteiger partial charge >= 0.3 is 0 Å². The fraction of sp³-hybridized carbons (Fsp3) is 0.188. The van der Waals surface area contributed by atoms with Crippen molar-refractivity contribution in [1.82, 2.24) is 9.38 Å². The number of aryl methyl sites for hydroxylation is 2. The van der Waals surface area contributed by atoms with Crippen molar-refractivity contribution in [3.63, 3.8) is 0 Å². The molecule has 3 heteroatoms. The second-order valence-corrected chi connectivity index (χ2v) is 5.04. The number of hydrogen-bond donors (Lipinski definition) is 1. The van der Waals surface area contributed by atoms with Crippen LogP contribution in [-0.2, 0) is 6.42 Å². The molecule has 3 nitrogen and oxygen atoms in total. The summed E-state index contributed by atoms with van der Waals surface area (Å²) in [7, 11) is 0. The number of hydrogen-bond acceptors (Lipinski definition) is 2. The van der Waals surface area contributed by atoms with E-state index in [1.165, 1.54) is 16.7 Å². The Kier molecular flexibility index (Phi) is 2.75. The molecule has 0 atom stereocenters. The van der Waals surface area contributed by atoms with Crippen LogP contribution >= 0.6 is 0 Å². The van der Waals surface area contributed by atoms with Gasteiger partial charge in [-0.15, -0.1) is 0 Å². The van der Waals surface area contributed by atoms with Crippen molar-refractivity contribution in [3.05, 3.63) is 65.0 Å². The minimum atomic E-state index is 0.736. The Labute approximate surface area is 112 Å². The summed E-state index contributed by atoms with van der Waals surface area (Å²) in [5, 5.41) is 0. The second kappa shape index (κ2) is 4.43. The fourth-order valence-corrected chi connectivity index (χ4v) is 2.36. The normalized spacial score (nSPS) is 11.1. The third kappa shape index (κ3) is 2.19. The summed E-state index contributed by atoms with van der Waals surface area (Å²) in [6, 6.07) is 12.5. The van der Waals surface area contributed by atoms with Crippen molar-refractivity contribution >= 4 is 11.5 Å². The Morgan fingerprint density at radius 1 is 1.11 bits per heavy atom. The molecule has 3 aromatic rings. The van der Waals surface area contributed by atoms with Crippen molar-refractivity contribution in [2.45, 2.75) is 20.3 Å². The van der Waals surface area contributed by atoms with Gasteiger partial charge < -0.3 is 5.73 Å². The predicted molar refractivity (Wildman–Crippen MR) is 78.3 cm³/mol. The lowest BCUT2D eigenvalue weighted by Gasteiger charge is -2.01. The lowest BCUT2D eigenvalue weighted by Crippen LogP contribution is -1.98. The molecule has 3 rings (SSSR count). The summed E-state index contributed by atoms with van der Waals surface area (Å²) >= 11 is 0. The van der Waals surface area contributed by atoms with E-state index in [9.17, 15) is 0 Å². The van der Waals surface area contributed by atoms with E-state index >= 15 is 0 Å². The van der Waals surface area contributed by atoms with Crippen LogP contribution in [0.2, 0.25) is 0 Å². The molecule has 0 aliphatic heterocycles. The monoisotopic (exact) mass is 251 g/mol. The number of anilines is 1. The molecule has 2 aromatic heterocycles. The lowest BCUT2D eigenvalue weighted by atomic mass is 10.1. The zero-order valence-electron chi connectivity index (χ0n) is 11.2. The SMILES string of the molecule is Cc1cccc(Cc2nc3ccc(C)cn3c2N)c1. The topological polar surface area (TPSA) is 43.3 Å². The molecule has 0 aliphatic carbocycles. The largest absolute Gasteiger partial charge is 0.383 e. The molecule has 0 radical (unpaired) electrons. The Bertz CT molecular complexity index is 741. The highest BCUT2D eigenvalue weighted by Gasteiger charge is 2.09. The number of imidazole rings is 1. The van der Waals surface area contributed by atoms with E-state index in [4.69, 9.17) is 5.73 Å². The van der Waals surface area contributed by atoms with Gasteiger partial charge in [0.2, 0.25) is 0 Å². The molecule has 0 aliphatic rings. The summed E-state index contributed by atoms with van der Waals surface area (Å²) < 4.78 is 1.96. The van der Waals surface area contributed by atoms with Crippen molar-refractivity contribution in [2.75, 3.05) is 5.73 Å². The van der Waals surface area contributed by atoms with E-state index < -0.39 is 0 Å². The maximum Gasteiger partial charge on any atom is 0.138 e. The zero-order chi connectivity index (χ0) is 13.4. The van der Waals surface area contributed by atoms with Crippen LogP contribution < -0.4 is 5.73 Å². The van der Waals surface area contributed by atoms with Crippen LogP contribution in [0.1, 0.15) is 22.4 Å². The first-order valence-electron chi connectivity index (χ1n) is 6.42. The van der Waals surface area contributed by atoms with E-state index in [0.29, 0.717) is 0 Å². The first-order chi connectivity index (χ1) is 9.13. The average molecular weight is 251 g/mol. The van der Waals surface area contributed by atoms with Crippen LogP contribution in [0.15, 0.2) is 42.6 Å². The van der Waals surface area contributed by atoms with Crippen molar-refractivity contribution in [2.24, 2.45) is 0 Å². The molecule has 96 valence electrons. The van der Waals surface area contributed by atoms with Crippen molar-refractivity contribution in [3.8, 4) is 0 Å². The van der Waals surface area contributed by atoms with Gasteiger partial charge in [-0.05, 0) is 31.0 Å². The molecule has 2 heterocycles. The molecule has 0 spiro atoms. The number of nitrogens with zero attached hydrogens (tertiary/aromatic N) is 2. The first-order valence-corrected chi connectivity index (χ1v) is 6.42. The summed E-state index contributed by atoms with van der Waals surface area (Å²) in [5.41, 5.74) is 11.7. The molecular formula is C16H17N3. The molecular weight excluding hydrogens is 234 g/mol. The van der Waals surface area contributed by atoms with Gasteiger partial charge in [0.25, 0.3) is 0 Å². The Morgan fingerprint density at radius 2 is 1.95 bits per heavy atom. The maximum atomic E-state index is 6.19. The van der Waals surface area contributed by atoms with E-state index in [1.807, 2.05) is 16.7 Å². The molecule has 1 aromatic carbocycles. The second-order valence-electron chi connectivity index (χ2n) is 5.04. The molecule has 0 unspecified atom stereocenters. The van der Waals surface area contributed by atoms with Gasteiger partial charge in [-0.1, -0.05) is 35.9 Å². The van der Waals surface area contributed by atoms with Gasteiger partial charge in [-0.2, -0.15) is 0 Å². The average Bonchev–Trinajstić information content (AvgIpc) is 2.67. The number of rotatable bonds is 2. The summed E-state index contributed by atoms with van der Waals surface area (Å²) in [4.78, 5) is 4.62. The van der Waals surface area contributed by atoms with E-state index in [2.05, 4.69) is 49.2 Å². The van der Waals surface area contributed by atoms with E-state index in [-0.39, 0.29) is 0 Å². The van der Waals surface area contributed by atoms with Crippen LogP contribution in [0.5, 0.6) is 0 Å². The molecule has 0 saturated heterocycles. The Hall–Kier alpha value is -2.29. The van der Waals surface area contributed by atoms with Crippen LogP contribution in [0, 0.1) is 13.8 Å². The third-order valence-corrected chi connectivity index (χ3v) is 3.33. The van der Waals surface area contributed by atoms with E-state index in [1.54, 1.807) is 0 Å². The molecule has 0 bridgehead atoms. The molecule has 0 fully saturated rings. The van der Waals surface area contributed by atoms with Crippen molar-refractivity contribution in [1.29, 1.82) is 0 Å². The minimum absolute atomic E-state index is 0.736. The van der Waals surface area contributed by atoms with Gasteiger partial charge in [-0.25, -0.2) is 4.98 Å². The van der Waals surface area contributed by atoms with Gasteiger partial charge in [0.1, 0.15) is 11.5 Å². The van der Waals surface area contributed by atoms with Crippen LogP contribution in [-0.4, -0.2) is 9.38 Å². The van der Waals surface area contributed by atoms with E-state index in [0.717, 1.165) is 23.6 Å². The zero-order valence-corrected chi connectivity index (χ0v) is 11.2. The number of nitrogen functional groups attached to an aromatic ring is 1. The minimum Gasteiger partial charge on any atom is -0.383 e. The number of pyridine rings is 1. The molecule has 19 heavy (non-hydrogen) atoms. The van der Waals surface area contributed by atoms with Gasteiger partial charge in [-0.3, -0.25) is 4.40 Å². The summed E-state index contributed by atoms with van der Waals surface area (Å²) in [6.45, 7) is 4.15. The highest BCUT2D eigenvalue weighted by atomic mass is 15.1. The number of nitrogens with two attached hydrogens (primary N) is 1. The van der Waals surface area contributed by atoms with Gasteiger partial charge in [0.15, 0.2) is 0 Å². The van der Waals surface area contributed by atoms with Crippen LogP contribution in [0.25, 0.3) is 5.65 Å². The smallest absolute Gasteiger partial charge is 0.138 e. The highest BCUT2D eigenvalue weighted by Crippen LogP contribution is 2.19. The summed E-state index contributed by atoms with van der Waals surface area (Å²) in [5.74, 6) is 0.736. The first kappa shape index (κ1) is 11.8. The number of benzene rings is 1. The predicted octanol–water partition coefficient (Wildman–Crippen LogP) is 3.12. The van der Waals surface area contributed by atoms with Crippen LogP contribution in [0.3, 0.4) is 0 Å².